The van der Waals surface area contributed by atoms with Crippen molar-refractivity contribution in [3.63, 3.8) is 0 Å². The molecular weight excluding hydrogens is 486 g/mol. The lowest BCUT2D eigenvalue weighted by Gasteiger charge is -2.47. The molecule has 0 amide bonds. The Labute approximate surface area is 243 Å². The van der Waals surface area contributed by atoms with E-state index in [1.807, 2.05) is 0 Å². The van der Waals surface area contributed by atoms with Crippen molar-refractivity contribution >= 4 is 0 Å². The Kier molecular flexibility index (Phi) is 8.42. The molecule has 7 atom stereocenters. The average Bonchev–Trinajstić information content (AvgIpc) is 3.05. The number of rotatable bonds is 5. The lowest BCUT2D eigenvalue weighted by molar-refractivity contribution is -0.728. The predicted octanol–water partition coefficient (Wildman–Crippen LogP) is 7.11. The molecule has 6 aliphatic carbocycles. The number of allylic oxidation sites excluding steroid dienone is 12. The van der Waals surface area contributed by atoms with Gasteiger partial charge in [-0.05, 0) is 118 Å². The largest absolute Gasteiger partial charge is 0.309 e. The molecule has 0 spiro atoms. The molecule has 214 valence electrons. The number of quaternary nitrogens is 1. The molecule has 0 radical (unpaired) electrons. The van der Waals surface area contributed by atoms with E-state index in [0.717, 1.165) is 23.7 Å². The van der Waals surface area contributed by atoms with Gasteiger partial charge in [0.2, 0.25) is 0 Å². The van der Waals surface area contributed by atoms with E-state index in [0.29, 0.717) is 24.4 Å². The quantitative estimate of drug-likeness (QED) is 0.327. The standard InChI is InChI=1S/C37H51N3/c1-4-14-26(15-5-1)29-20-10-13-23-33(29)36-38-35(28-18-8-3-9-19-28)39-37(40-36)34-25-24-30(27-16-6-2-7-17-27)31-21-11-12-22-32(31)34/h1-2,4,6,10-11,14,20-21,25,27-28,30-32,35-40H,3,5,7-9,12-13,15-19,22-24H2/p+1. The molecule has 0 aromatic heterocycles. The minimum absolute atomic E-state index is 0.365. The maximum atomic E-state index is 4.25. The second kappa shape index (κ2) is 12.5. The van der Waals surface area contributed by atoms with Crippen molar-refractivity contribution in [1.82, 2.24) is 10.6 Å². The first-order valence-corrected chi connectivity index (χ1v) is 17.0. The van der Waals surface area contributed by atoms with Gasteiger partial charge in [-0.2, -0.15) is 0 Å². The van der Waals surface area contributed by atoms with Gasteiger partial charge in [-0.1, -0.05) is 80.0 Å². The molecule has 40 heavy (non-hydrogen) atoms. The van der Waals surface area contributed by atoms with E-state index in [9.17, 15) is 0 Å². The lowest BCUT2D eigenvalue weighted by atomic mass is 9.62. The van der Waals surface area contributed by atoms with Gasteiger partial charge in [0.05, 0.1) is 6.17 Å². The molecule has 3 heteroatoms. The van der Waals surface area contributed by atoms with Crippen LogP contribution in [-0.2, 0) is 0 Å². The van der Waals surface area contributed by atoms with Crippen molar-refractivity contribution in [3.05, 3.63) is 83.1 Å². The molecule has 1 saturated heterocycles. The van der Waals surface area contributed by atoms with Crippen LogP contribution in [0, 0.1) is 29.6 Å². The van der Waals surface area contributed by atoms with Crippen LogP contribution in [0.5, 0.6) is 0 Å². The average molecular weight is 539 g/mol. The molecule has 0 aromatic rings. The summed E-state index contributed by atoms with van der Waals surface area (Å²) in [6.07, 6.45) is 45.3. The van der Waals surface area contributed by atoms with Gasteiger partial charge in [0.15, 0.2) is 12.3 Å². The number of hydrogen-bond acceptors (Lipinski definition) is 2. The minimum atomic E-state index is 0.365. The van der Waals surface area contributed by atoms with Crippen molar-refractivity contribution in [2.24, 2.45) is 29.6 Å². The molecule has 1 heterocycles. The van der Waals surface area contributed by atoms with E-state index >= 15 is 0 Å². The van der Waals surface area contributed by atoms with Crippen molar-refractivity contribution in [1.29, 1.82) is 0 Å². The van der Waals surface area contributed by atoms with Crippen molar-refractivity contribution < 1.29 is 5.32 Å². The van der Waals surface area contributed by atoms with Crippen LogP contribution in [0.2, 0.25) is 0 Å². The zero-order chi connectivity index (χ0) is 26.7. The van der Waals surface area contributed by atoms with Crippen molar-refractivity contribution in [2.45, 2.75) is 115 Å². The Hall–Kier alpha value is -1.94. The Balaban J connectivity index is 1.20. The monoisotopic (exact) mass is 538 g/mol. The van der Waals surface area contributed by atoms with E-state index in [1.54, 1.807) is 16.7 Å². The molecule has 7 unspecified atom stereocenters. The van der Waals surface area contributed by atoms with Crippen LogP contribution in [0.15, 0.2) is 83.1 Å². The summed E-state index contributed by atoms with van der Waals surface area (Å²) in [5, 5.41) is 11.2. The van der Waals surface area contributed by atoms with Crippen molar-refractivity contribution in [3.8, 4) is 0 Å². The number of fused-ring (bicyclic) bond motifs is 1. The van der Waals surface area contributed by atoms with Crippen LogP contribution in [0.25, 0.3) is 0 Å². The van der Waals surface area contributed by atoms with Gasteiger partial charge in [-0.25, -0.2) is 10.6 Å². The number of nitrogens with one attached hydrogen (secondary N) is 2. The summed E-state index contributed by atoms with van der Waals surface area (Å²) in [4.78, 5) is 0. The van der Waals surface area contributed by atoms with Crippen LogP contribution in [0.3, 0.4) is 0 Å². The molecule has 1 saturated carbocycles. The second-order valence-corrected chi connectivity index (χ2v) is 13.7. The summed E-state index contributed by atoms with van der Waals surface area (Å²) in [6.45, 7) is 0. The van der Waals surface area contributed by atoms with Crippen LogP contribution in [0.1, 0.15) is 96.3 Å². The molecular formula is C37H52N3+. The number of hydrogen-bond donors (Lipinski definition) is 3. The minimum Gasteiger partial charge on any atom is -0.309 e. The summed E-state index contributed by atoms with van der Waals surface area (Å²) in [5.41, 5.74) is 6.47. The van der Waals surface area contributed by atoms with Gasteiger partial charge < -0.3 is 5.32 Å². The summed E-state index contributed by atoms with van der Waals surface area (Å²) in [6, 6.07) is 0. The summed E-state index contributed by atoms with van der Waals surface area (Å²) in [5.74, 6) is 3.88. The lowest BCUT2D eigenvalue weighted by Crippen LogP contribution is -3.05. The second-order valence-electron chi connectivity index (χ2n) is 13.7. The van der Waals surface area contributed by atoms with Gasteiger partial charge in [-0.3, -0.25) is 0 Å². The van der Waals surface area contributed by atoms with E-state index in [-0.39, 0.29) is 0 Å². The van der Waals surface area contributed by atoms with Crippen LogP contribution >= 0.6 is 0 Å². The highest BCUT2D eigenvalue weighted by atomic mass is 15.4. The first kappa shape index (κ1) is 26.9. The maximum Gasteiger partial charge on any atom is 0.165 e. The fourth-order valence-corrected chi connectivity index (χ4v) is 9.38. The highest BCUT2D eigenvalue weighted by Crippen LogP contribution is 2.47. The highest BCUT2D eigenvalue weighted by Gasteiger charge is 2.45. The third-order valence-electron chi connectivity index (χ3n) is 11.5. The van der Waals surface area contributed by atoms with Gasteiger partial charge in [0.25, 0.3) is 0 Å². The SMILES string of the molecule is C1=CCCC(C2=C(C3NC(C4CCCCC4)NC(C4=CCC(C5CC=CCC5)C5C=CCCC45)[NH2+]3)CCC=C2)=C1. The summed E-state index contributed by atoms with van der Waals surface area (Å²) in [7, 11) is 0. The zero-order valence-electron chi connectivity index (χ0n) is 24.6. The van der Waals surface area contributed by atoms with Gasteiger partial charge in [-0.15, -0.1) is 0 Å². The predicted molar refractivity (Wildman–Crippen MR) is 166 cm³/mol. The van der Waals surface area contributed by atoms with E-state index in [1.165, 1.54) is 102 Å². The Morgan fingerprint density at radius 1 is 0.725 bits per heavy atom. The summed E-state index contributed by atoms with van der Waals surface area (Å²) < 4.78 is 0. The molecule has 1 aliphatic heterocycles. The van der Waals surface area contributed by atoms with Crippen molar-refractivity contribution in [2.75, 3.05) is 0 Å². The van der Waals surface area contributed by atoms with Crippen LogP contribution in [0.4, 0.5) is 0 Å². The molecule has 2 fully saturated rings. The topological polar surface area (TPSA) is 40.7 Å². The molecule has 4 N–H and O–H groups in total. The fraction of sp³-hybridized carbons (Fsp3) is 0.622. The highest BCUT2D eigenvalue weighted by molar-refractivity contribution is 5.48. The first-order valence-electron chi connectivity index (χ1n) is 17.0. The van der Waals surface area contributed by atoms with E-state index in [2.05, 4.69) is 76.7 Å². The van der Waals surface area contributed by atoms with Gasteiger partial charge in [0.1, 0.15) is 0 Å². The Bertz CT molecular complexity index is 1130. The third kappa shape index (κ3) is 5.59. The smallest absolute Gasteiger partial charge is 0.165 e. The normalized spacial score (nSPS) is 38.6. The Morgan fingerprint density at radius 3 is 2.45 bits per heavy atom. The Morgan fingerprint density at radius 2 is 1.60 bits per heavy atom. The maximum absolute atomic E-state index is 4.25. The fourth-order valence-electron chi connectivity index (χ4n) is 9.38. The van der Waals surface area contributed by atoms with E-state index < -0.39 is 0 Å². The first-order chi connectivity index (χ1) is 19.8. The van der Waals surface area contributed by atoms with Gasteiger partial charge >= 0.3 is 0 Å². The van der Waals surface area contributed by atoms with Gasteiger partial charge in [0, 0.05) is 11.1 Å². The molecule has 3 nitrogen and oxygen atoms in total. The molecule has 7 aliphatic rings. The molecule has 7 rings (SSSR count). The molecule has 0 bridgehead atoms. The number of nitrogens with two attached hydrogens (primary N) is 1. The van der Waals surface area contributed by atoms with E-state index in [4.69, 9.17) is 0 Å². The summed E-state index contributed by atoms with van der Waals surface area (Å²) >= 11 is 0. The third-order valence-corrected chi connectivity index (χ3v) is 11.5. The zero-order valence-corrected chi connectivity index (χ0v) is 24.6. The van der Waals surface area contributed by atoms with Crippen LogP contribution < -0.4 is 16.0 Å². The molecule has 0 aromatic carbocycles. The van der Waals surface area contributed by atoms with Crippen LogP contribution in [-0.4, -0.2) is 18.5 Å².